The maximum Gasteiger partial charge on any atom is 0.472 e. The van der Waals surface area contributed by atoms with E-state index < -0.39 is 57.8 Å². The van der Waals surface area contributed by atoms with Gasteiger partial charge in [0.05, 0.1) is 19.8 Å². The Morgan fingerprint density at radius 1 is 0.362 bits per heavy atom. The van der Waals surface area contributed by atoms with Gasteiger partial charge in [-0.3, -0.25) is 23.4 Å². The average molecular weight is 1140 g/mol. The number of phosphoric ester groups is 1. The number of allylic oxidation sites excluding steroid dienone is 18. The van der Waals surface area contributed by atoms with Crippen LogP contribution >= 0.6 is 7.82 Å². The van der Waals surface area contributed by atoms with Crippen molar-refractivity contribution in [2.75, 3.05) is 26.4 Å². The lowest BCUT2D eigenvalue weighted by atomic mass is 10.1. The molecule has 0 fully saturated rings. The summed E-state index contributed by atoms with van der Waals surface area (Å²) in [5.41, 5.74) is 0. The van der Waals surface area contributed by atoms with Gasteiger partial charge in [-0.25, -0.2) is 4.57 Å². The number of phosphoric acid groups is 1. The lowest BCUT2D eigenvalue weighted by Crippen LogP contribution is -2.30. The summed E-state index contributed by atoms with van der Waals surface area (Å²) in [6.45, 7) is 4.37. The largest absolute Gasteiger partial charge is 0.472 e. The molecule has 458 valence electrons. The zero-order valence-corrected chi connectivity index (χ0v) is 51.7. The highest BCUT2D eigenvalue weighted by molar-refractivity contribution is 7.47. The van der Waals surface area contributed by atoms with Crippen LogP contribution in [0, 0.1) is 0 Å². The van der Waals surface area contributed by atoms with Gasteiger partial charge in [-0.15, -0.1) is 0 Å². The predicted molar refractivity (Wildman–Crippen MR) is 334 cm³/mol. The minimum Gasteiger partial charge on any atom is -0.462 e. The van der Waals surface area contributed by atoms with Crippen molar-refractivity contribution in [3.63, 3.8) is 0 Å². The van der Waals surface area contributed by atoms with E-state index in [4.69, 9.17) is 23.3 Å². The molecule has 0 saturated carbocycles. The van der Waals surface area contributed by atoms with E-state index >= 15 is 0 Å². The topological polar surface area (TPSA) is 155 Å². The van der Waals surface area contributed by atoms with E-state index in [1.807, 2.05) is 0 Å². The van der Waals surface area contributed by atoms with Crippen molar-refractivity contribution in [3.8, 4) is 0 Å². The summed E-state index contributed by atoms with van der Waals surface area (Å²) >= 11 is 0. The maximum absolute atomic E-state index is 13.0. The van der Waals surface area contributed by atoms with Gasteiger partial charge in [-0.1, -0.05) is 233 Å². The number of carbonyl (C=O) groups is 3. The summed E-state index contributed by atoms with van der Waals surface area (Å²) < 4.78 is 39.7. The molecule has 0 aromatic rings. The highest BCUT2D eigenvalue weighted by Gasteiger charge is 2.28. The Morgan fingerprint density at radius 3 is 1.00 bits per heavy atom. The van der Waals surface area contributed by atoms with Crippen LogP contribution in [0.4, 0.5) is 0 Å². The maximum atomic E-state index is 13.0. The molecule has 80 heavy (non-hydrogen) atoms. The fourth-order valence-electron chi connectivity index (χ4n) is 8.39. The molecule has 2 N–H and O–H groups in total. The van der Waals surface area contributed by atoms with Gasteiger partial charge in [0.2, 0.25) is 0 Å². The zero-order chi connectivity index (χ0) is 58.3. The fourth-order valence-corrected chi connectivity index (χ4v) is 9.18. The van der Waals surface area contributed by atoms with Crippen molar-refractivity contribution < 1.29 is 52.2 Å². The SMILES string of the molecule is CC/C=C\C/C=C\C/C=C\C/C=C\CCCCCCC(=O)OCC(COP(=O)(O)OCC(CO)OC(=O)CCCCCCCCC/C=C\C/C=C\C/C=C\CC)OC(=O)CCCCCCCCCCC/C=C\C/C=C\CCCCC. The molecule has 3 unspecified atom stereocenters. The van der Waals surface area contributed by atoms with Gasteiger partial charge >= 0.3 is 25.7 Å². The van der Waals surface area contributed by atoms with E-state index in [2.05, 4.69) is 130 Å². The Hall–Kier alpha value is -3.86. The average Bonchev–Trinajstić information content (AvgIpc) is 3.45. The molecule has 0 aliphatic heterocycles. The zero-order valence-electron chi connectivity index (χ0n) is 50.8. The smallest absolute Gasteiger partial charge is 0.462 e. The number of aliphatic hydroxyl groups excluding tert-OH is 1. The third-order valence-corrected chi connectivity index (χ3v) is 14.1. The second kappa shape index (κ2) is 61.2. The molecule has 11 nitrogen and oxygen atoms in total. The van der Waals surface area contributed by atoms with Gasteiger partial charge in [0.25, 0.3) is 0 Å². The molecule has 0 heterocycles. The molecule has 0 saturated heterocycles. The number of ether oxygens (including phenoxy) is 3. The molecule has 3 atom stereocenters. The van der Waals surface area contributed by atoms with Crippen LogP contribution in [0.15, 0.2) is 109 Å². The molecular weight excluding hydrogens is 1020 g/mol. The van der Waals surface area contributed by atoms with Crippen LogP contribution in [0.1, 0.15) is 265 Å². The number of unbranched alkanes of at least 4 members (excludes halogenated alkanes) is 23. The summed E-state index contributed by atoms with van der Waals surface area (Å²) in [5, 5.41) is 9.85. The number of hydrogen-bond acceptors (Lipinski definition) is 10. The number of carbonyl (C=O) groups excluding carboxylic acids is 3. The Labute approximate surface area is 488 Å². The molecule has 0 radical (unpaired) electrons. The number of hydrogen-bond donors (Lipinski definition) is 2. The molecule has 0 amide bonds. The van der Waals surface area contributed by atoms with Crippen LogP contribution in [0.5, 0.6) is 0 Å². The van der Waals surface area contributed by atoms with E-state index in [0.717, 1.165) is 135 Å². The standard InChI is InChI=1S/C68H115O11P/c1-4-7-10-13-16-19-22-25-28-31-32-35-38-41-44-47-50-53-56-59-68(72)79-65(61-75-66(70)57-54-51-48-45-42-39-36-33-29-26-23-20-17-14-11-8-5-2)63-77-80(73,74)76-62-64(60-69)78-67(71)58-55-52-49-46-43-40-37-34-30-27-24-21-18-15-12-9-6-3/h8-9,11-12,16-21,25-30,36,39,64-65,69H,4-7,10,13-15,22-24,31-35,37-38,40-63H2,1-3H3,(H,73,74)/b11-8-,12-9-,19-16-,20-17-,21-18-,28-25-,29-26-,30-27-,39-36-. The van der Waals surface area contributed by atoms with E-state index in [-0.39, 0.29) is 25.9 Å². The van der Waals surface area contributed by atoms with Crippen molar-refractivity contribution in [3.05, 3.63) is 109 Å². The molecule has 0 bridgehead atoms. The number of esters is 3. The Kier molecular flexibility index (Phi) is 58.3. The first kappa shape index (κ1) is 76.1. The van der Waals surface area contributed by atoms with Gasteiger partial charge in [-0.05, 0) is 122 Å². The number of rotatable bonds is 58. The van der Waals surface area contributed by atoms with E-state index in [1.54, 1.807) is 0 Å². The Morgan fingerprint density at radius 2 is 0.650 bits per heavy atom. The minimum absolute atomic E-state index is 0.152. The first-order chi connectivity index (χ1) is 39.2. The third kappa shape index (κ3) is 58.8. The predicted octanol–water partition coefficient (Wildman–Crippen LogP) is 19.4. The molecular formula is C68H115O11P. The van der Waals surface area contributed by atoms with Crippen molar-refractivity contribution in [2.45, 2.75) is 277 Å². The van der Waals surface area contributed by atoms with E-state index in [0.29, 0.717) is 19.3 Å². The lowest BCUT2D eigenvalue weighted by Gasteiger charge is -2.21. The van der Waals surface area contributed by atoms with Crippen LogP contribution in [-0.2, 0) is 42.2 Å². The molecule has 0 aliphatic rings. The fraction of sp³-hybridized carbons (Fsp3) is 0.691. The monoisotopic (exact) mass is 1140 g/mol. The quantitative estimate of drug-likeness (QED) is 0.0197. The van der Waals surface area contributed by atoms with Crippen molar-refractivity contribution in [1.82, 2.24) is 0 Å². The summed E-state index contributed by atoms with van der Waals surface area (Å²) in [4.78, 5) is 48.8. The summed E-state index contributed by atoms with van der Waals surface area (Å²) in [7, 11) is -4.77. The van der Waals surface area contributed by atoms with E-state index in [9.17, 15) is 28.9 Å². The highest BCUT2D eigenvalue weighted by atomic mass is 31.2. The molecule has 0 aromatic heterocycles. The van der Waals surface area contributed by atoms with Crippen LogP contribution in [0.25, 0.3) is 0 Å². The molecule has 12 heteroatoms. The molecule has 0 rings (SSSR count). The summed E-state index contributed by atoms with van der Waals surface area (Å²) in [5.74, 6) is -1.51. The molecule has 0 spiro atoms. The van der Waals surface area contributed by atoms with Crippen molar-refractivity contribution in [1.29, 1.82) is 0 Å². The van der Waals surface area contributed by atoms with Gasteiger partial charge in [0, 0.05) is 19.3 Å². The van der Waals surface area contributed by atoms with Gasteiger partial charge in [0.1, 0.15) is 12.7 Å². The van der Waals surface area contributed by atoms with Gasteiger partial charge in [-0.2, -0.15) is 0 Å². The van der Waals surface area contributed by atoms with Crippen LogP contribution in [0.2, 0.25) is 0 Å². The van der Waals surface area contributed by atoms with Crippen LogP contribution < -0.4 is 0 Å². The minimum atomic E-state index is -4.77. The summed E-state index contributed by atoms with van der Waals surface area (Å²) in [6.07, 6.45) is 74.6. The van der Waals surface area contributed by atoms with Crippen LogP contribution in [-0.4, -0.2) is 66.5 Å². The first-order valence-corrected chi connectivity index (χ1v) is 33.3. The summed E-state index contributed by atoms with van der Waals surface area (Å²) in [6, 6.07) is 0. The molecule has 0 aliphatic carbocycles. The van der Waals surface area contributed by atoms with E-state index in [1.165, 1.54) is 70.6 Å². The molecule has 0 aromatic carbocycles. The second-order valence-corrected chi connectivity index (χ2v) is 22.3. The first-order valence-electron chi connectivity index (χ1n) is 31.8. The van der Waals surface area contributed by atoms with Gasteiger partial charge < -0.3 is 24.2 Å². The van der Waals surface area contributed by atoms with Gasteiger partial charge in [0.15, 0.2) is 6.10 Å². The second-order valence-electron chi connectivity index (χ2n) is 20.8. The number of aliphatic hydroxyl groups is 1. The third-order valence-electron chi connectivity index (χ3n) is 13.2. The van der Waals surface area contributed by atoms with Crippen molar-refractivity contribution in [2.24, 2.45) is 0 Å². The lowest BCUT2D eigenvalue weighted by molar-refractivity contribution is -0.161. The normalized spacial score (nSPS) is 14.0. The Bertz CT molecular complexity index is 1760. The highest BCUT2D eigenvalue weighted by Crippen LogP contribution is 2.43. The van der Waals surface area contributed by atoms with Crippen molar-refractivity contribution >= 4 is 25.7 Å². The van der Waals surface area contributed by atoms with Crippen LogP contribution in [0.3, 0.4) is 0 Å². The Balaban J connectivity index is 4.76.